The summed E-state index contributed by atoms with van der Waals surface area (Å²) in [5, 5.41) is 9.55. The Bertz CT molecular complexity index is 1300. The van der Waals surface area contributed by atoms with Gasteiger partial charge in [-0.05, 0) is 44.7 Å². The minimum Gasteiger partial charge on any atom is -0.381 e. The van der Waals surface area contributed by atoms with Crippen LogP contribution in [0.15, 0.2) is 29.3 Å². The molecule has 0 bridgehead atoms. The molecule has 0 aromatic carbocycles. The molecule has 5 heterocycles. The summed E-state index contributed by atoms with van der Waals surface area (Å²) in [5.74, 6) is 1.11. The van der Waals surface area contributed by atoms with Gasteiger partial charge in [-0.3, -0.25) is 4.79 Å². The summed E-state index contributed by atoms with van der Waals surface area (Å²) in [6.45, 7) is 3.40. The molecule has 1 aliphatic carbocycles. The minimum atomic E-state index is -0.119. The largest absolute Gasteiger partial charge is 0.381 e. The van der Waals surface area contributed by atoms with E-state index < -0.39 is 0 Å². The third kappa shape index (κ3) is 2.76. The van der Waals surface area contributed by atoms with Gasteiger partial charge in [-0.15, -0.1) is 0 Å². The van der Waals surface area contributed by atoms with Crippen LogP contribution in [-0.2, 0) is 4.74 Å². The first-order chi connectivity index (χ1) is 14.7. The van der Waals surface area contributed by atoms with E-state index in [4.69, 9.17) is 14.7 Å². The molecule has 0 spiro atoms. The van der Waals surface area contributed by atoms with Crippen molar-refractivity contribution in [2.24, 2.45) is 0 Å². The standard InChI is InChI=1S/C21H23N7O2/c1-12-2-5-18-23-17(11-27(18)26-12)14-3-4-15(14)19-24-20-16(21(29)25-19)10-22-28(20)13-6-8-30-9-7-13/h2,5,10-11,13-15H,3-4,6-9H2,1H3,(H,24,25,29)/t14-,15+/m0/s1. The van der Waals surface area contributed by atoms with Crippen LogP contribution in [0, 0.1) is 6.92 Å². The number of hydrogen-bond acceptors (Lipinski definition) is 6. The average Bonchev–Trinajstić information content (AvgIpc) is 3.32. The normalized spacial score (nSPS) is 22.6. The Morgan fingerprint density at radius 3 is 2.73 bits per heavy atom. The quantitative estimate of drug-likeness (QED) is 0.562. The van der Waals surface area contributed by atoms with Gasteiger partial charge in [0.1, 0.15) is 11.2 Å². The lowest BCUT2D eigenvalue weighted by Gasteiger charge is -2.34. The zero-order valence-electron chi connectivity index (χ0n) is 16.8. The number of aromatic amines is 1. The highest BCUT2D eigenvalue weighted by molar-refractivity contribution is 5.73. The fraction of sp³-hybridized carbons (Fsp3) is 0.476. The number of aromatic nitrogens is 7. The summed E-state index contributed by atoms with van der Waals surface area (Å²) in [6.07, 6.45) is 7.41. The van der Waals surface area contributed by atoms with E-state index in [-0.39, 0.29) is 23.4 Å². The van der Waals surface area contributed by atoms with Crippen molar-refractivity contribution in [1.29, 1.82) is 0 Å². The van der Waals surface area contributed by atoms with Crippen molar-refractivity contribution in [3.8, 4) is 0 Å². The number of ether oxygens (including phenoxy) is 1. The molecule has 1 saturated heterocycles. The number of fused-ring (bicyclic) bond motifs is 2. The first-order valence-electron chi connectivity index (χ1n) is 10.6. The molecule has 6 rings (SSSR count). The highest BCUT2D eigenvalue weighted by Gasteiger charge is 2.37. The highest BCUT2D eigenvalue weighted by Crippen LogP contribution is 2.47. The van der Waals surface area contributed by atoms with Crippen LogP contribution in [0.1, 0.15) is 60.8 Å². The number of imidazole rings is 1. The predicted molar refractivity (Wildman–Crippen MR) is 110 cm³/mol. The van der Waals surface area contributed by atoms with Crippen LogP contribution in [0.3, 0.4) is 0 Å². The number of nitrogens with zero attached hydrogens (tertiary/aromatic N) is 6. The van der Waals surface area contributed by atoms with Gasteiger partial charge >= 0.3 is 0 Å². The molecule has 2 atom stereocenters. The molecule has 4 aromatic heterocycles. The van der Waals surface area contributed by atoms with Gasteiger partial charge in [0.15, 0.2) is 11.3 Å². The van der Waals surface area contributed by atoms with Gasteiger partial charge in [0.05, 0.1) is 29.8 Å². The van der Waals surface area contributed by atoms with Crippen molar-refractivity contribution in [3.63, 3.8) is 0 Å². The maximum absolute atomic E-state index is 12.8. The lowest BCUT2D eigenvalue weighted by atomic mass is 9.71. The lowest BCUT2D eigenvalue weighted by Crippen LogP contribution is -2.27. The van der Waals surface area contributed by atoms with E-state index in [2.05, 4.69) is 15.2 Å². The SMILES string of the molecule is Cc1ccc2nc([C@H]3CC[C@H]3c3nc4c(cnn4C4CCOCC4)c(=O)[nH]3)cn2n1. The molecule has 0 amide bonds. The number of aryl methyl sites for hydroxylation is 1. The second kappa shape index (κ2) is 6.73. The molecule has 1 N–H and O–H groups in total. The monoisotopic (exact) mass is 405 g/mol. The van der Waals surface area contributed by atoms with Gasteiger partial charge in [-0.2, -0.15) is 10.2 Å². The van der Waals surface area contributed by atoms with Gasteiger partial charge in [0, 0.05) is 25.0 Å². The van der Waals surface area contributed by atoms with Gasteiger partial charge in [-0.25, -0.2) is 19.2 Å². The Labute approximate surface area is 172 Å². The first kappa shape index (κ1) is 17.8. The van der Waals surface area contributed by atoms with E-state index in [0.29, 0.717) is 24.2 Å². The van der Waals surface area contributed by atoms with Crippen LogP contribution in [0.4, 0.5) is 0 Å². The molecule has 30 heavy (non-hydrogen) atoms. The van der Waals surface area contributed by atoms with E-state index in [1.54, 1.807) is 6.20 Å². The summed E-state index contributed by atoms with van der Waals surface area (Å²) in [6, 6.07) is 4.18. The summed E-state index contributed by atoms with van der Waals surface area (Å²) >= 11 is 0. The van der Waals surface area contributed by atoms with Crippen molar-refractivity contribution in [2.75, 3.05) is 13.2 Å². The second-order valence-corrected chi connectivity index (χ2v) is 8.35. The molecule has 1 aliphatic heterocycles. The molecule has 9 heteroatoms. The molecule has 4 aromatic rings. The predicted octanol–water partition coefficient (Wildman–Crippen LogP) is 2.48. The maximum atomic E-state index is 12.8. The molecule has 0 radical (unpaired) electrons. The van der Waals surface area contributed by atoms with E-state index in [1.807, 2.05) is 34.5 Å². The Morgan fingerprint density at radius 2 is 1.93 bits per heavy atom. The van der Waals surface area contributed by atoms with Crippen LogP contribution in [-0.4, -0.2) is 47.6 Å². The Hall–Kier alpha value is -3.07. The van der Waals surface area contributed by atoms with E-state index in [1.165, 1.54) is 0 Å². The molecular weight excluding hydrogens is 382 g/mol. The first-order valence-corrected chi connectivity index (χ1v) is 10.6. The minimum absolute atomic E-state index is 0.119. The number of nitrogens with one attached hydrogen (secondary N) is 1. The van der Waals surface area contributed by atoms with Crippen molar-refractivity contribution >= 4 is 16.7 Å². The van der Waals surface area contributed by atoms with Crippen LogP contribution in [0.25, 0.3) is 16.7 Å². The van der Waals surface area contributed by atoms with Gasteiger partial charge in [0.2, 0.25) is 0 Å². The third-order valence-electron chi connectivity index (χ3n) is 6.50. The molecule has 154 valence electrons. The van der Waals surface area contributed by atoms with E-state index >= 15 is 0 Å². The van der Waals surface area contributed by atoms with Crippen LogP contribution < -0.4 is 5.56 Å². The highest BCUT2D eigenvalue weighted by atomic mass is 16.5. The van der Waals surface area contributed by atoms with Crippen LogP contribution in [0.5, 0.6) is 0 Å². The van der Waals surface area contributed by atoms with Crippen molar-refractivity contribution < 1.29 is 4.74 Å². The van der Waals surface area contributed by atoms with E-state index in [9.17, 15) is 4.79 Å². The van der Waals surface area contributed by atoms with Gasteiger partial charge in [-0.1, -0.05) is 0 Å². The Kier molecular flexibility index (Phi) is 3.98. The van der Waals surface area contributed by atoms with Crippen molar-refractivity contribution in [1.82, 2.24) is 34.3 Å². The number of H-pyrrole nitrogens is 1. The zero-order chi connectivity index (χ0) is 20.2. The summed E-state index contributed by atoms with van der Waals surface area (Å²) in [4.78, 5) is 25.4. The maximum Gasteiger partial charge on any atom is 0.262 e. The molecule has 1 saturated carbocycles. The Balaban J connectivity index is 1.37. The van der Waals surface area contributed by atoms with Crippen LogP contribution >= 0.6 is 0 Å². The number of hydrogen-bond donors (Lipinski definition) is 1. The summed E-state index contributed by atoms with van der Waals surface area (Å²) in [5.41, 5.74) is 3.36. The smallest absolute Gasteiger partial charge is 0.262 e. The third-order valence-corrected chi connectivity index (χ3v) is 6.50. The molecule has 2 fully saturated rings. The summed E-state index contributed by atoms with van der Waals surface area (Å²) < 4.78 is 9.23. The average molecular weight is 405 g/mol. The Morgan fingerprint density at radius 1 is 1.10 bits per heavy atom. The van der Waals surface area contributed by atoms with Crippen LogP contribution in [0.2, 0.25) is 0 Å². The second-order valence-electron chi connectivity index (χ2n) is 8.35. The van der Waals surface area contributed by atoms with E-state index in [0.717, 1.165) is 48.5 Å². The fourth-order valence-corrected chi connectivity index (χ4v) is 4.68. The van der Waals surface area contributed by atoms with Gasteiger partial charge in [0.25, 0.3) is 5.56 Å². The molecule has 9 nitrogen and oxygen atoms in total. The fourth-order valence-electron chi connectivity index (χ4n) is 4.68. The molecular formula is C21H23N7O2. The number of rotatable bonds is 3. The van der Waals surface area contributed by atoms with Crippen molar-refractivity contribution in [2.45, 2.75) is 50.5 Å². The lowest BCUT2D eigenvalue weighted by molar-refractivity contribution is 0.0673. The summed E-state index contributed by atoms with van der Waals surface area (Å²) in [7, 11) is 0. The van der Waals surface area contributed by atoms with Gasteiger partial charge < -0.3 is 9.72 Å². The van der Waals surface area contributed by atoms with Crippen molar-refractivity contribution in [3.05, 3.63) is 52.1 Å². The molecule has 2 aliphatic rings. The topological polar surface area (TPSA) is 103 Å². The zero-order valence-corrected chi connectivity index (χ0v) is 16.8. The molecule has 0 unspecified atom stereocenters.